The first-order valence-corrected chi connectivity index (χ1v) is 14.8. The lowest BCUT2D eigenvalue weighted by atomic mass is 9.74. The Labute approximate surface area is 242 Å². The van der Waals surface area contributed by atoms with Gasteiger partial charge in [0, 0.05) is 76.9 Å². The van der Waals surface area contributed by atoms with Gasteiger partial charge in [0.2, 0.25) is 5.91 Å². The topological polar surface area (TPSA) is 105 Å². The number of ether oxygens (including phenoxy) is 2. The van der Waals surface area contributed by atoms with Crippen molar-refractivity contribution in [2.24, 2.45) is 11.3 Å². The molecule has 0 radical (unpaired) electrons. The van der Waals surface area contributed by atoms with Crippen LogP contribution in [0.4, 0.5) is 0 Å². The van der Waals surface area contributed by atoms with Gasteiger partial charge in [-0.15, -0.1) is 0 Å². The summed E-state index contributed by atoms with van der Waals surface area (Å²) in [6, 6.07) is 7.31. The third-order valence-corrected chi connectivity index (χ3v) is 8.75. The Morgan fingerprint density at radius 2 is 1.73 bits per heavy atom. The molecule has 3 aliphatic heterocycles. The van der Waals surface area contributed by atoms with Crippen molar-refractivity contribution in [3.05, 3.63) is 54.1 Å². The highest BCUT2D eigenvalue weighted by molar-refractivity contribution is 5.94. The highest BCUT2D eigenvalue weighted by atomic mass is 16.5. The molecule has 2 aromatic rings. The predicted octanol–water partition coefficient (Wildman–Crippen LogP) is 3.29. The molecule has 4 heterocycles. The van der Waals surface area contributed by atoms with E-state index in [1.165, 1.54) is 12.4 Å². The number of rotatable bonds is 2. The Hall–Kier alpha value is -3.53. The molecule has 41 heavy (non-hydrogen) atoms. The van der Waals surface area contributed by atoms with Crippen molar-refractivity contribution in [2.45, 2.75) is 44.9 Å². The van der Waals surface area contributed by atoms with E-state index in [2.05, 4.69) is 9.97 Å². The summed E-state index contributed by atoms with van der Waals surface area (Å²) in [5.41, 5.74) is 0.785. The first-order valence-electron chi connectivity index (χ1n) is 14.8. The number of carbonyl (C=O) groups is 3. The molecule has 0 N–H and O–H groups in total. The zero-order chi connectivity index (χ0) is 28.7. The molecule has 1 aromatic heterocycles. The molecule has 0 unspecified atom stereocenters. The summed E-state index contributed by atoms with van der Waals surface area (Å²) in [6.45, 7) is 4.80. The molecule has 2 saturated heterocycles. The maximum atomic E-state index is 13.5. The van der Waals surface area contributed by atoms with Gasteiger partial charge in [0.25, 0.3) is 11.8 Å². The van der Waals surface area contributed by atoms with E-state index >= 15 is 0 Å². The second-order valence-corrected chi connectivity index (χ2v) is 11.6. The van der Waals surface area contributed by atoms with Gasteiger partial charge in [-0.3, -0.25) is 19.4 Å². The Morgan fingerprint density at radius 1 is 0.951 bits per heavy atom. The van der Waals surface area contributed by atoms with Crippen LogP contribution in [-0.2, 0) is 9.53 Å². The standard InChI is InChI=1S/C31H41N5O5/c1-34-23-31(10-16-36(17-11-31)29(38)24-7-19-40-20-8-24)9-3-14-35(30(39)27-22-32-12-13-33-27)15-4-18-41-26-6-2-5-25(21-26)28(34)37/h2,5-6,12-13,21-22,24H,3-4,7-11,14-20,23H2,1H3. The molecule has 5 rings (SSSR count). The molecule has 3 aliphatic rings. The van der Waals surface area contributed by atoms with Crippen LogP contribution in [0.15, 0.2) is 42.9 Å². The van der Waals surface area contributed by atoms with E-state index in [4.69, 9.17) is 9.47 Å². The van der Waals surface area contributed by atoms with Gasteiger partial charge < -0.3 is 24.2 Å². The quantitative estimate of drug-likeness (QED) is 0.552. The molecular weight excluding hydrogens is 522 g/mol. The number of amides is 3. The van der Waals surface area contributed by atoms with Crippen LogP contribution in [0.3, 0.4) is 0 Å². The number of piperidine rings is 1. The fourth-order valence-corrected chi connectivity index (χ4v) is 6.38. The Kier molecular flexibility index (Phi) is 9.49. The molecule has 0 aliphatic carbocycles. The fraction of sp³-hybridized carbons (Fsp3) is 0.581. The van der Waals surface area contributed by atoms with E-state index in [9.17, 15) is 14.4 Å². The minimum atomic E-state index is -0.146. The van der Waals surface area contributed by atoms with Crippen molar-refractivity contribution in [2.75, 3.05) is 59.6 Å². The van der Waals surface area contributed by atoms with Gasteiger partial charge >= 0.3 is 0 Å². The Bertz CT molecular complexity index is 1190. The minimum absolute atomic E-state index is 0.0372. The molecule has 10 heteroatoms. The van der Waals surface area contributed by atoms with Crippen LogP contribution in [0, 0.1) is 11.3 Å². The van der Waals surface area contributed by atoms with Gasteiger partial charge in [-0.1, -0.05) is 6.07 Å². The molecular formula is C31H41N5O5. The second kappa shape index (κ2) is 13.4. The number of likely N-dealkylation sites (tertiary alicyclic amines) is 1. The molecule has 0 saturated carbocycles. The summed E-state index contributed by atoms with van der Waals surface area (Å²) in [7, 11) is 1.86. The average Bonchev–Trinajstić information content (AvgIpc) is 3.02. The van der Waals surface area contributed by atoms with Crippen molar-refractivity contribution in [1.29, 1.82) is 0 Å². The lowest BCUT2D eigenvalue weighted by Crippen LogP contribution is -2.50. The third-order valence-electron chi connectivity index (χ3n) is 8.75. The van der Waals surface area contributed by atoms with E-state index in [0.29, 0.717) is 76.0 Å². The smallest absolute Gasteiger partial charge is 0.274 e. The van der Waals surface area contributed by atoms with Gasteiger partial charge in [0.05, 0.1) is 12.8 Å². The van der Waals surface area contributed by atoms with Gasteiger partial charge in [-0.25, -0.2) is 4.98 Å². The second-order valence-electron chi connectivity index (χ2n) is 11.6. The van der Waals surface area contributed by atoms with Crippen LogP contribution in [0.5, 0.6) is 5.75 Å². The Balaban J connectivity index is 1.34. The summed E-state index contributed by atoms with van der Waals surface area (Å²) < 4.78 is 11.4. The van der Waals surface area contributed by atoms with Gasteiger partial charge in [0.15, 0.2) is 0 Å². The first kappa shape index (κ1) is 29.0. The van der Waals surface area contributed by atoms with Crippen molar-refractivity contribution in [1.82, 2.24) is 24.7 Å². The van der Waals surface area contributed by atoms with E-state index in [1.54, 1.807) is 12.3 Å². The molecule has 220 valence electrons. The number of hydrogen-bond acceptors (Lipinski definition) is 7. The van der Waals surface area contributed by atoms with E-state index in [-0.39, 0.29) is 29.1 Å². The highest BCUT2D eigenvalue weighted by Gasteiger charge is 2.39. The fourth-order valence-electron chi connectivity index (χ4n) is 6.38. The van der Waals surface area contributed by atoms with Gasteiger partial charge in [0.1, 0.15) is 11.4 Å². The summed E-state index contributed by atoms with van der Waals surface area (Å²) >= 11 is 0. The van der Waals surface area contributed by atoms with Gasteiger partial charge in [-0.2, -0.15) is 0 Å². The lowest BCUT2D eigenvalue weighted by Gasteiger charge is -2.45. The maximum absolute atomic E-state index is 13.5. The third kappa shape index (κ3) is 7.22. The Morgan fingerprint density at radius 3 is 2.49 bits per heavy atom. The number of carbonyl (C=O) groups excluding carboxylic acids is 3. The summed E-state index contributed by atoms with van der Waals surface area (Å²) in [5, 5.41) is 0. The van der Waals surface area contributed by atoms with Crippen LogP contribution in [0.1, 0.15) is 65.8 Å². The molecule has 1 spiro atoms. The van der Waals surface area contributed by atoms with Crippen molar-refractivity contribution in [3.8, 4) is 5.75 Å². The molecule has 10 nitrogen and oxygen atoms in total. The molecule has 2 fully saturated rings. The number of fused-ring (bicyclic) bond motifs is 2. The van der Waals surface area contributed by atoms with Gasteiger partial charge in [-0.05, 0) is 68.6 Å². The van der Waals surface area contributed by atoms with Crippen LogP contribution in [0.25, 0.3) is 0 Å². The van der Waals surface area contributed by atoms with Crippen LogP contribution in [0.2, 0.25) is 0 Å². The van der Waals surface area contributed by atoms with E-state index in [1.807, 2.05) is 39.9 Å². The molecule has 2 bridgehead atoms. The normalized spacial score (nSPS) is 21.1. The molecule has 3 amide bonds. The summed E-state index contributed by atoms with van der Waals surface area (Å²) in [5.74, 6) is 0.750. The SMILES string of the molecule is CN1CC2(CCCN(C(=O)c3cnccn3)CCCOc3cccc(c3)C1=O)CCN(C(=O)C1CCOCC1)CC2. The van der Waals surface area contributed by atoms with Crippen LogP contribution in [-0.4, -0.2) is 102 Å². The monoisotopic (exact) mass is 563 g/mol. The maximum Gasteiger partial charge on any atom is 0.274 e. The zero-order valence-corrected chi connectivity index (χ0v) is 24.0. The summed E-state index contributed by atoms with van der Waals surface area (Å²) in [6.07, 6.45) is 10.1. The summed E-state index contributed by atoms with van der Waals surface area (Å²) in [4.78, 5) is 54.1. The number of aromatic nitrogens is 2. The molecule has 0 atom stereocenters. The van der Waals surface area contributed by atoms with E-state index in [0.717, 1.165) is 38.5 Å². The largest absolute Gasteiger partial charge is 0.494 e. The van der Waals surface area contributed by atoms with Crippen molar-refractivity contribution in [3.63, 3.8) is 0 Å². The number of nitrogens with zero attached hydrogens (tertiary/aromatic N) is 5. The first-order chi connectivity index (χ1) is 19.9. The number of benzene rings is 1. The predicted molar refractivity (Wildman–Crippen MR) is 152 cm³/mol. The average molecular weight is 564 g/mol. The minimum Gasteiger partial charge on any atom is -0.494 e. The zero-order valence-electron chi connectivity index (χ0n) is 24.0. The van der Waals surface area contributed by atoms with Crippen LogP contribution >= 0.6 is 0 Å². The van der Waals surface area contributed by atoms with Crippen molar-refractivity contribution >= 4 is 17.7 Å². The highest BCUT2D eigenvalue weighted by Crippen LogP contribution is 2.38. The van der Waals surface area contributed by atoms with E-state index < -0.39 is 0 Å². The van der Waals surface area contributed by atoms with Crippen LogP contribution < -0.4 is 4.74 Å². The molecule has 1 aromatic carbocycles. The number of hydrogen-bond donors (Lipinski definition) is 0. The lowest BCUT2D eigenvalue weighted by molar-refractivity contribution is -0.141. The van der Waals surface area contributed by atoms with Crippen molar-refractivity contribution < 1.29 is 23.9 Å².